The van der Waals surface area contributed by atoms with Gasteiger partial charge in [-0.25, -0.2) is 4.79 Å². The molecule has 4 aromatic rings. The molecular weight excluding hydrogens is 458 g/mol. The summed E-state index contributed by atoms with van der Waals surface area (Å²) in [5.74, 6) is 1.64. The van der Waals surface area contributed by atoms with Crippen LogP contribution in [0.1, 0.15) is 40.7 Å². The number of nitrogens with one attached hydrogen (secondary N) is 1. The van der Waals surface area contributed by atoms with Gasteiger partial charge in [-0.3, -0.25) is 14.9 Å². The van der Waals surface area contributed by atoms with Crippen LogP contribution in [0, 0.1) is 6.92 Å². The molecule has 2 aromatic carbocycles. The number of amides is 1. The van der Waals surface area contributed by atoms with Gasteiger partial charge in [0.25, 0.3) is 0 Å². The van der Waals surface area contributed by atoms with E-state index in [9.17, 15) is 4.79 Å². The summed E-state index contributed by atoms with van der Waals surface area (Å²) in [7, 11) is 0. The highest BCUT2D eigenvalue weighted by molar-refractivity contribution is 7.15. The largest absolute Gasteiger partial charge is 0.414 e. The van der Waals surface area contributed by atoms with Gasteiger partial charge in [-0.15, -0.1) is 21.5 Å². The summed E-state index contributed by atoms with van der Waals surface area (Å²) in [6.07, 6.45) is -0.576. The van der Waals surface area contributed by atoms with Crippen molar-refractivity contribution in [3.63, 3.8) is 0 Å². The van der Waals surface area contributed by atoms with Crippen molar-refractivity contribution in [2.75, 3.05) is 0 Å². The van der Waals surface area contributed by atoms with Gasteiger partial charge < -0.3 is 4.74 Å². The first-order valence-electron chi connectivity index (χ1n) is 10.5. The number of rotatable bonds is 4. The van der Waals surface area contributed by atoms with Crippen LogP contribution in [-0.2, 0) is 6.42 Å². The third-order valence-electron chi connectivity index (χ3n) is 5.26. The van der Waals surface area contributed by atoms with Crippen LogP contribution in [0.25, 0.3) is 5.00 Å². The number of hydrogen-bond acceptors (Lipinski definition) is 6. The Bertz CT molecular complexity index is 1360. The maximum absolute atomic E-state index is 12.7. The molecule has 1 N–H and O–H groups in total. The number of para-hydroxylation sites is 1. The topological polar surface area (TPSA) is 81.4 Å². The average Bonchev–Trinajstić information content (AvgIpc) is 3.38. The molecule has 0 bridgehead atoms. The fourth-order valence-corrected chi connectivity index (χ4v) is 5.08. The number of fused-ring (bicyclic) bond motifs is 3. The van der Waals surface area contributed by atoms with Crippen LogP contribution in [0.5, 0.6) is 5.75 Å². The van der Waals surface area contributed by atoms with Crippen molar-refractivity contribution in [3.8, 4) is 10.8 Å². The minimum Gasteiger partial charge on any atom is -0.410 e. The Morgan fingerprint density at radius 3 is 2.64 bits per heavy atom. The quantitative estimate of drug-likeness (QED) is 0.421. The third kappa shape index (κ3) is 4.03. The second-order valence-electron chi connectivity index (χ2n) is 7.43. The van der Waals surface area contributed by atoms with E-state index in [1.165, 1.54) is 4.88 Å². The lowest BCUT2D eigenvalue weighted by atomic mass is 10.0. The van der Waals surface area contributed by atoms with Crippen molar-refractivity contribution in [2.24, 2.45) is 4.99 Å². The molecule has 3 heterocycles. The van der Waals surface area contributed by atoms with Crippen LogP contribution in [0.4, 0.5) is 4.79 Å². The Kier molecular flexibility index (Phi) is 5.70. The molecule has 166 valence electrons. The van der Waals surface area contributed by atoms with Crippen LogP contribution in [0.15, 0.2) is 65.7 Å². The van der Waals surface area contributed by atoms with Crippen molar-refractivity contribution in [1.29, 1.82) is 0 Å². The molecule has 0 saturated heterocycles. The number of thiophene rings is 1. The second-order valence-corrected chi connectivity index (χ2v) is 8.96. The lowest BCUT2D eigenvalue weighted by molar-refractivity contribution is 0.196. The van der Waals surface area contributed by atoms with Crippen LogP contribution in [0.2, 0.25) is 5.02 Å². The smallest absolute Gasteiger partial charge is 0.410 e. The molecule has 9 heteroatoms. The number of nitrogens with zero attached hydrogens (tertiary/aromatic N) is 4. The van der Waals surface area contributed by atoms with Crippen molar-refractivity contribution in [3.05, 3.63) is 93.3 Å². The van der Waals surface area contributed by atoms with E-state index in [2.05, 4.69) is 28.5 Å². The lowest BCUT2D eigenvalue weighted by Crippen LogP contribution is -2.32. The molecular formula is C24H20ClN5O2S. The van der Waals surface area contributed by atoms with Crippen molar-refractivity contribution in [2.45, 2.75) is 26.4 Å². The van der Waals surface area contributed by atoms with Gasteiger partial charge in [0, 0.05) is 21.0 Å². The lowest BCUT2D eigenvalue weighted by Gasteiger charge is -2.14. The Morgan fingerprint density at radius 1 is 1.12 bits per heavy atom. The van der Waals surface area contributed by atoms with Crippen LogP contribution >= 0.6 is 22.9 Å². The van der Waals surface area contributed by atoms with E-state index in [4.69, 9.17) is 21.3 Å². The molecule has 33 heavy (non-hydrogen) atoms. The van der Waals surface area contributed by atoms with E-state index >= 15 is 0 Å². The highest BCUT2D eigenvalue weighted by Gasteiger charge is 2.31. The Morgan fingerprint density at radius 2 is 1.88 bits per heavy atom. The Balaban J connectivity index is 1.63. The van der Waals surface area contributed by atoms with E-state index in [1.807, 2.05) is 41.8 Å². The minimum atomic E-state index is -0.821. The predicted molar refractivity (Wildman–Crippen MR) is 129 cm³/mol. The molecule has 1 amide bonds. The molecule has 0 aliphatic carbocycles. The molecule has 0 radical (unpaired) electrons. The predicted octanol–water partition coefficient (Wildman–Crippen LogP) is 5.49. The fraction of sp³-hybridized carbons (Fsp3) is 0.167. The van der Waals surface area contributed by atoms with Crippen LogP contribution in [-0.4, -0.2) is 26.6 Å². The molecule has 7 nitrogen and oxygen atoms in total. The Labute approximate surface area is 199 Å². The standard InChI is InChI=1S/C24H20ClN5O2S/c1-3-16-13-18-20(17-11-7-8-12-19(17)25)26-21(22-29-28-14(2)30(22)23(18)33-16)27-24(31)32-15-9-5-4-6-10-15/h4-13,21H,3H2,1-2H3,(H,27,31). The second kappa shape index (κ2) is 8.80. The minimum absolute atomic E-state index is 0.434. The zero-order valence-electron chi connectivity index (χ0n) is 17.9. The van der Waals surface area contributed by atoms with Gasteiger partial charge in [-0.05, 0) is 37.6 Å². The van der Waals surface area contributed by atoms with E-state index < -0.39 is 12.3 Å². The van der Waals surface area contributed by atoms with Gasteiger partial charge in [0.05, 0.1) is 5.71 Å². The fourth-order valence-electron chi connectivity index (χ4n) is 3.71. The maximum Gasteiger partial charge on any atom is 0.414 e. The van der Waals surface area contributed by atoms with Crippen LogP contribution < -0.4 is 10.1 Å². The number of halogens is 1. The molecule has 0 saturated carbocycles. The van der Waals surface area contributed by atoms with E-state index in [1.54, 1.807) is 35.6 Å². The highest BCUT2D eigenvalue weighted by Crippen LogP contribution is 2.36. The molecule has 5 rings (SSSR count). The van der Waals surface area contributed by atoms with Gasteiger partial charge in [0.15, 0.2) is 12.0 Å². The molecule has 0 fully saturated rings. The number of aromatic nitrogens is 3. The first-order valence-corrected chi connectivity index (χ1v) is 11.7. The highest BCUT2D eigenvalue weighted by atomic mass is 35.5. The summed E-state index contributed by atoms with van der Waals surface area (Å²) < 4.78 is 7.38. The third-order valence-corrected chi connectivity index (χ3v) is 6.85. The first-order chi connectivity index (χ1) is 16.0. The zero-order chi connectivity index (χ0) is 22.9. The molecule has 2 aromatic heterocycles. The summed E-state index contributed by atoms with van der Waals surface area (Å²) >= 11 is 8.22. The average molecular weight is 478 g/mol. The molecule has 1 aliphatic rings. The summed E-state index contributed by atoms with van der Waals surface area (Å²) in [6, 6.07) is 18.5. The number of carbonyl (C=O) groups is 1. The maximum atomic E-state index is 12.7. The number of benzene rings is 2. The van der Waals surface area contributed by atoms with Gasteiger partial charge in [-0.1, -0.05) is 54.9 Å². The molecule has 1 aliphatic heterocycles. The molecule has 1 atom stereocenters. The van der Waals surface area contributed by atoms with Crippen molar-refractivity contribution >= 4 is 34.7 Å². The van der Waals surface area contributed by atoms with Gasteiger partial charge in [0.2, 0.25) is 0 Å². The first kappa shape index (κ1) is 21.4. The summed E-state index contributed by atoms with van der Waals surface area (Å²) in [4.78, 5) is 18.9. The number of hydrogen-bond donors (Lipinski definition) is 1. The number of aliphatic imine (C=N–C) groups is 1. The normalized spacial score (nSPS) is 14.6. The van der Waals surface area contributed by atoms with E-state index in [0.29, 0.717) is 28.1 Å². The number of carbonyl (C=O) groups excluding carboxylic acids is 1. The Hall–Kier alpha value is -3.49. The number of aryl methyl sites for hydroxylation is 2. The van der Waals surface area contributed by atoms with Crippen molar-refractivity contribution < 1.29 is 9.53 Å². The summed E-state index contributed by atoms with van der Waals surface area (Å²) in [6.45, 7) is 3.99. The molecule has 1 unspecified atom stereocenters. The zero-order valence-corrected chi connectivity index (χ0v) is 19.5. The summed E-state index contributed by atoms with van der Waals surface area (Å²) in [5, 5.41) is 13.0. The van der Waals surface area contributed by atoms with E-state index in [0.717, 1.165) is 22.5 Å². The summed E-state index contributed by atoms with van der Waals surface area (Å²) in [5.41, 5.74) is 2.39. The van der Waals surface area contributed by atoms with Gasteiger partial charge >= 0.3 is 6.09 Å². The SMILES string of the molecule is CCc1cc2c(s1)-n1c(C)nnc1C(NC(=O)Oc1ccccc1)N=C2c1ccccc1Cl. The molecule has 0 spiro atoms. The van der Waals surface area contributed by atoms with Crippen molar-refractivity contribution in [1.82, 2.24) is 20.1 Å². The van der Waals surface area contributed by atoms with E-state index in [-0.39, 0.29) is 0 Å². The monoisotopic (exact) mass is 477 g/mol. The number of ether oxygens (including phenoxy) is 1. The van der Waals surface area contributed by atoms with Gasteiger partial charge in [0.1, 0.15) is 16.6 Å². The van der Waals surface area contributed by atoms with Gasteiger partial charge in [-0.2, -0.15) is 0 Å². The van der Waals surface area contributed by atoms with Crippen LogP contribution in [0.3, 0.4) is 0 Å².